The molecule has 2 atom stereocenters. The molecule has 1 aliphatic heterocycles. The lowest BCUT2D eigenvalue weighted by Gasteiger charge is -2.49. The molecular weight excluding hydrogens is 172 g/mol. The van der Waals surface area contributed by atoms with E-state index < -0.39 is 0 Å². The molecule has 0 radical (unpaired) electrons. The van der Waals surface area contributed by atoms with Crippen molar-refractivity contribution in [2.24, 2.45) is 5.92 Å². The molecule has 2 fully saturated rings. The highest BCUT2D eigenvalue weighted by molar-refractivity contribution is 5.04. The molecule has 1 saturated heterocycles. The van der Waals surface area contributed by atoms with Crippen LogP contribution in [0.4, 0.5) is 0 Å². The van der Waals surface area contributed by atoms with E-state index in [0.29, 0.717) is 5.54 Å². The van der Waals surface area contributed by atoms with E-state index in [1.165, 1.54) is 38.9 Å². The minimum atomic E-state index is 0.452. The summed E-state index contributed by atoms with van der Waals surface area (Å²) in [6, 6.07) is 0.752. The zero-order chi connectivity index (χ0) is 10.2. The number of rotatable bonds is 3. The summed E-state index contributed by atoms with van der Waals surface area (Å²) >= 11 is 0. The molecule has 1 N–H and O–H groups in total. The Balaban J connectivity index is 2.09. The second-order valence-corrected chi connectivity index (χ2v) is 5.26. The first-order valence-electron chi connectivity index (χ1n) is 6.16. The summed E-state index contributed by atoms with van der Waals surface area (Å²) in [6.45, 7) is 10.8. The van der Waals surface area contributed by atoms with Crippen LogP contribution in [0.2, 0.25) is 0 Å². The number of nitrogens with zero attached hydrogens (tertiary/aromatic N) is 1. The standard InChI is InChI=1S/C12H24N2/c1-4-10(2)14-8-7-13-9-12(14,3)11-5-6-11/h10-11,13H,4-9H2,1-3H3. The van der Waals surface area contributed by atoms with E-state index in [4.69, 9.17) is 0 Å². The summed E-state index contributed by atoms with van der Waals surface area (Å²) < 4.78 is 0. The second-order valence-electron chi connectivity index (χ2n) is 5.26. The topological polar surface area (TPSA) is 15.3 Å². The Hall–Kier alpha value is -0.0800. The predicted molar refractivity (Wildman–Crippen MR) is 60.5 cm³/mol. The van der Waals surface area contributed by atoms with Crippen molar-refractivity contribution in [1.82, 2.24) is 10.2 Å². The Morgan fingerprint density at radius 1 is 1.50 bits per heavy atom. The molecule has 0 aromatic heterocycles. The molecule has 1 heterocycles. The van der Waals surface area contributed by atoms with Crippen molar-refractivity contribution in [3.8, 4) is 0 Å². The molecule has 0 bridgehead atoms. The van der Waals surface area contributed by atoms with E-state index in [2.05, 4.69) is 31.0 Å². The first-order valence-corrected chi connectivity index (χ1v) is 6.16. The van der Waals surface area contributed by atoms with Gasteiger partial charge in [0, 0.05) is 31.2 Å². The third-order valence-corrected chi connectivity index (χ3v) is 4.25. The molecule has 0 aromatic rings. The van der Waals surface area contributed by atoms with Gasteiger partial charge >= 0.3 is 0 Å². The Labute approximate surface area is 88.1 Å². The largest absolute Gasteiger partial charge is 0.314 e. The molecule has 0 amide bonds. The molecule has 2 nitrogen and oxygen atoms in total. The number of hydrogen-bond acceptors (Lipinski definition) is 2. The van der Waals surface area contributed by atoms with E-state index in [0.717, 1.165) is 12.0 Å². The molecule has 0 aromatic carbocycles. The van der Waals surface area contributed by atoms with Crippen LogP contribution in [-0.2, 0) is 0 Å². The fourth-order valence-corrected chi connectivity index (χ4v) is 2.93. The van der Waals surface area contributed by atoms with Gasteiger partial charge < -0.3 is 5.32 Å². The molecule has 2 unspecified atom stereocenters. The van der Waals surface area contributed by atoms with Crippen molar-refractivity contribution in [3.63, 3.8) is 0 Å². The molecule has 2 aliphatic rings. The van der Waals surface area contributed by atoms with Gasteiger partial charge in [-0.1, -0.05) is 6.92 Å². The first-order chi connectivity index (χ1) is 6.68. The van der Waals surface area contributed by atoms with Gasteiger partial charge in [0.1, 0.15) is 0 Å². The Morgan fingerprint density at radius 3 is 2.79 bits per heavy atom. The van der Waals surface area contributed by atoms with Crippen LogP contribution in [0.15, 0.2) is 0 Å². The third-order valence-electron chi connectivity index (χ3n) is 4.25. The van der Waals surface area contributed by atoms with Crippen molar-refractivity contribution in [2.75, 3.05) is 19.6 Å². The van der Waals surface area contributed by atoms with Crippen LogP contribution in [0.3, 0.4) is 0 Å². The quantitative estimate of drug-likeness (QED) is 0.741. The van der Waals surface area contributed by atoms with Gasteiger partial charge in [-0.3, -0.25) is 4.90 Å². The molecule has 1 saturated carbocycles. The number of nitrogens with one attached hydrogen (secondary N) is 1. The SMILES string of the molecule is CCC(C)N1CCNCC1(C)C1CC1. The van der Waals surface area contributed by atoms with E-state index in [9.17, 15) is 0 Å². The van der Waals surface area contributed by atoms with Crippen LogP contribution in [0.1, 0.15) is 40.0 Å². The van der Waals surface area contributed by atoms with E-state index in [1.807, 2.05) is 0 Å². The predicted octanol–water partition coefficient (Wildman–Crippen LogP) is 1.86. The molecule has 14 heavy (non-hydrogen) atoms. The Kier molecular flexibility index (Phi) is 2.85. The van der Waals surface area contributed by atoms with Crippen LogP contribution in [0, 0.1) is 5.92 Å². The summed E-state index contributed by atoms with van der Waals surface area (Å²) in [5, 5.41) is 3.56. The van der Waals surface area contributed by atoms with Crippen molar-refractivity contribution in [2.45, 2.75) is 51.6 Å². The minimum absolute atomic E-state index is 0.452. The van der Waals surface area contributed by atoms with Gasteiger partial charge in [0.15, 0.2) is 0 Å². The van der Waals surface area contributed by atoms with Crippen molar-refractivity contribution in [1.29, 1.82) is 0 Å². The smallest absolute Gasteiger partial charge is 0.0337 e. The number of hydrogen-bond donors (Lipinski definition) is 1. The average molecular weight is 196 g/mol. The van der Waals surface area contributed by atoms with Crippen molar-refractivity contribution < 1.29 is 0 Å². The normalized spacial score (nSPS) is 37.1. The summed E-state index contributed by atoms with van der Waals surface area (Å²) in [5.41, 5.74) is 0.452. The van der Waals surface area contributed by atoms with Crippen LogP contribution < -0.4 is 5.32 Å². The lowest BCUT2D eigenvalue weighted by Crippen LogP contribution is -2.63. The highest BCUT2D eigenvalue weighted by atomic mass is 15.3. The van der Waals surface area contributed by atoms with Crippen molar-refractivity contribution in [3.05, 3.63) is 0 Å². The van der Waals surface area contributed by atoms with Gasteiger partial charge in [0.05, 0.1) is 0 Å². The van der Waals surface area contributed by atoms with Crippen LogP contribution in [-0.4, -0.2) is 36.1 Å². The zero-order valence-electron chi connectivity index (χ0n) is 9.84. The van der Waals surface area contributed by atoms with E-state index in [-0.39, 0.29) is 0 Å². The zero-order valence-corrected chi connectivity index (χ0v) is 9.84. The highest BCUT2D eigenvalue weighted by Gasteiger charge is 2.47. The first kappa shape index (κ1) is 10.4. The Morgan fingerprint density at radius 2 is 2.21 bits per heavy atom. The Bertz CT molecular complexity index is 200. The molecule has 0 spiro atoms. The van der Waals surface area contributed by atoms with Gasteiger partial charge in [-0.05, 0) is 39.0 Å². The van der Waals surface area contributed by atoms with Crippen molar-refractivity contribution >= 4 is 0 Å². The third kappa shape index (κ3) is 1.70. The van der Waals surface area contributed by atoms with Gasteiger partial charge in [0.25, 0.3) is 0 Å². The molecule has 1 aliphatic carbocycles. The van der Waals surface area contributed by atoms with E-state index in [1.54, 1.807) is 0 Å². The van der Waals surface area contributed by atoms with Gasteiger partial charge in [-0.2, -0.15) is 0 Å². The van der Waals surface area contributed by atoms with Crippen LogP contribution >= 0.6 is 0 Å². The number of piperazine rings is 1. The summed E-state index contributed by atoms with van der Waals surface area (Å²) in [7, 11) is 0. The lowest BCUT2D eigenvalue weighted by molar-refractivity contribution is 0.0207. The molecule has 2 rings (SSSR count). The lowest BCUT2D eigenvalue weighted by atomic mass is 9.89. The van der Waals surface area contributed by atoms with Gasteiger partial charge in [0.2, 0.25) is 0 Å². The molecular formula is C12H24N2. The molecule has 2 heteroatoms. The van der Waals surface area contributed by atoms with Gasteiger partial charge in [-0.25, -0.2) is 0 Å². The summed E-state index contributed by atoms with van der Waals surface area (Å²) in [6.07, 6.45) is 4.18. The maximum absolute atomic E-state index is 3.56. The summed E-state index contributed by atoms with van der Waals surface area (Å²) in [5.74, 6) is 0.962. The van der Waals surface area contributed by atoms with Gasteiger partial charge in [-0.15, -0.1) is 0 Å². The van der Waals surface area contributed by atoms with E-state index >= 15 is 0 Å². The van der Waals surface area contributed by atoms with Crippen LogP contribution in [0.5, 0.6) is 0 Å². The highest BCUT2D eigenvalue weighted by Crippen LogP contribution is 2.44. The summed E-state index contributed by atoms with van der Waals surface area (Å²) in [4.78, 5) is 2.75. The fraction of sp³-hybridized carbons (Fsp3) is 1.00. The monoisotopic (exact) mass is 196 g/mol. The minimum Gasteiger partial charge on any atom is -0.314 e. The molecule has 82 valence electrons. The maximum Gasteiger partial charge on any atom is 0.0337 e. The van der Waals surface area contributed by atoms with Crippen LogP contribution in [0.25, 0.3) is 0 Å². The average Bonchev–Trinajstić information content (AvgIpc) is 3.01. The fourth-order valence-electron chi connectivity index (χ4n) is 2.93. The maximum atomic E-state index is 3.56. The second kappa shape index (κ2) is 3.82.